The molecule has 284 valence electrons. The van der Waals surface area contributed by atoms with Crippen LogP contribution in [-0.4, -0.2) is 4.57 Å². The van der Waals surface area contributed by atoms with Gasteiger partial charge in [-0.3, -0.25) is 0 Å². The Morgan fingerprint density at radius 2 is 0.867 bits per heavy atom. The Morgan fingerprint density at radius 1 is 0.383 bits per heavy atom. The highest BCUT2D eigenvalue weighted by Gasteiger charge is 2.35. The third kappa shape index (κ3) is 5.29. The highest BCUT2D eigenvalue weighted by atomic mass is 16.3. The molecular formula is C57H40N2O. The molecule has 0 N–H and O–H groups in total. The minimum atomic E-state index is -0.0473. The Morgan fingerprint density at radius 3 is 1.53 bits per heavy atom. The van der Waals surface area contributed by atoms with Crippen LogP contribution in [0, 0.1) is 0 Å². The highest BCUT2D eigenvalue weighted by Crippen LogP contribution is 2.50. The van der Waals surface area contributed by atoms with E-state index in [2.05, 4.69) is 217 Å². The van der Waals surface area contributed by atoms with Gasteiger partial charge < -0.3 is 13.9 Å². The lowest BCUT2D eigenvalue weighted by Crippen LogP contribution is -2.14. The molecule has 0 fully saturated rings. The van der Waals surface area contributed by atoms with E-state index >= 15 is 0 Å². The van der Waals surface area contributed by atoms with Crippen LogP contribution in [0.25, 0.3) is 82.8 Å². The van der Waals surface area contributed by atoms with Gasteiger partial charge in [-0.05, 0) is 129 Å². The monoisotopic (exact) mass is 768 g/mol. The van der Waals surface area contributed by atoms with Gasteiger partial charge in [-0.2, -0.15) is 0 Å². The van der Waals surface area contributed by atoms with Crippen LogP contribution >= 0.6 is 0 Å². The van der Waals surface area contributed by atoms with Crippen LogP contribution in [0.3, 0.4) is 0 Å². The summed E-state index contributed by atoms with van der Waals surface area (Å²) in [6, 6.07) is 74.9. The van der Waals surface area contributed by atoms with Crippen LogP contribution < -0.4 is 4.90 Å². The van der Waals surface area contributed by atoms with Crippen molar-refractivity contribution in [3.63, 3.8) is 0 Å². The number of hydrogen-bond donors (Lipinski definition) is 0. The fourth-order valence-electron chi connectivity index (χ4n) is 9.79. The number of nitrogens with zero attached hydrogens (tertiary/aromatic N) is 2. The molecule has 2 aromatic heterocycles. The molecule has 3 heteroatoms. The quantitative estimate of drug-likeness (QED) is 0.168. The fourth-order valence-corrected chi connectivity index (χ4v) is 9.79. The summed E-state index contributed by atoms with van der Waals surface area (Å²) in [5.41, 5.74) is 18.8. The normalized spacial score (nSPS) is 13.0. The van der Waals surface area contributed by atoms with Crippen molar-refractivity contribution in [3.05, 3.63) is 217 Å². The van der Waals surface area contributed by atoms with Crippen molar-refractivity contribution in [3.8, 4) is 39.1 Å². The van der Waals surface area contributed by atoms with Crippen LogP contribution in [0.15, 0.2) is 211 Å². The third-order valence-electron chi connectivity index (χ3n) is 12.8. The summed E-state index contributed by atoms with van der Waals surface area (Å²) in [4.78, 5) is 2.36. The second kappa shape index (κ2) is 13.2. The fraction of sp³-hybridized carbons (Fsp3) is 0.0526. The van der Waals surface area contributed by atoms with Crippen LogP contribution in [0.4, 0.5) is 17.1 Å². The topological polar surface area (TPSA) is 21.3 Å². The first kappa shape index (κ1) is 34.4. The van der Waals surface area contributed by atoms with E-state index in [0.29, 0.717) is 0 Å². The smallest absolute Gasteiger partial charge is 0.135 e. The zero-order valence-corrected chi connectivity index (χ0v) is 33.4. The van der Waals surface area contributed by atoms with Gasteiger partial charge in [0.25, 0.3) is 0 Å². The van der Waals surface area contributed by atoms with Crippen molar-refractivity contribution < 1.29 is 4.42 Å². The van der Waals surface area contributed by atoms with Crippen molar-refractivity contribution in [1.82, 2.24) is 4.57 Å². The minimum absolute atomic E-state index is 0.0473. The van der Waals surface area contributed by atoms with E-state index < -0.39 is 0 Å². The van der Waals surface area contributed by atoms with Gasteiger partial charge in [0.1, 0.15) is 11.2 Å². The molecular weight excluding hydrogens is 729 g/mol. The predicted molar refractivity (Wildman–Crippen MR) is 251 cm³/mol. The zero-order valence-electron chi connectivity index (χ0n) is 33.4. The van der Waals surface area contributed by atoms with Gasteiger partial charge in [-0.15, -0.1) is 0 Å². The largest absolute Gasteiger partial charge is 0.456 e. The number of para-hydroxylation sites is 3. The number of rotatable bonds is 6. The van der Waals surface area contributed by atoms with E-state index in [4.69, 9.17) is 4.42 Å². The third-order valence-corrected chi connectivity index (χ3v) is 12.8. The van der Waals surface area contributed by atoms with Gasteiger partial charge in [0, 0.05) is 49.7 Å². The Bertz CT molecular complexity index is 3390. The molecule has 11 aromatic rings. The Kier molecular flexibility index (Phi) is 7.58. The molecule has 2 heterocycles. The number of furan rings is 1. The Balaban J connectivity index is 0.937. The van der Waals surface area contributed by atoms with Gasteiger partial charge in [0.05, 0.1) is 11.0 Å². The second-order valence-corrected chi connectivity index (χ2v) is 16.6. The maximum atomic E-state index is 6.14. The summed E-state index contributed by atoms with van der Waals surface area (Å²) in [5, 5.41) is 4.79. The molecule has 0 amide bonds. The van der Waals surface area contributed by atoms with Gasteiger partial charge in [-0.1, -0.05) is 135 Å². The van der Waals surface area contributed by atoms with E-state index in [1.54, 1.807) is 0 Å². The first-order valence-corrected chi connectivity index (χ1v) is 20.7. The average Bonchev–Trinajstić information content (AvgIpc) is 3.92. The van der Waals surface area contributed by atoms with E-state index in [0.717, 1.165) is 55.8 Å². The van der Waals surface area contributed by atoms with E-state index in [9.17, 15) is 0 Å². The van der Waals surface area contributed by atoms with Crippen LogP contribution in [0.2, 0.25) is 0 Å². The molecule has 1 aliphatic rings. The molecule has 0 atom stereocenters. The number of anilines is 3. The van der Waals surface area contributed by atoms with Crippen molar-refractivity contribution in [2.24, 2.45) is 0 Å². The van der Waals surface area contributed by atoms with Gasteiger partial charge >= 0.3 is 0 Å². The van der Waals surface area contributed by atoms with Crippen molar-refractivity contribution in [2.75, 3.05) is 4.90 Å². The highest BCUT2D eigenvalue weighted by molar-refractivity contribution is 6.09. The first-order valence-electron chi connectivity index (χ1n) is 20.7. The SMILES string of the molecule is CC1(C)c2ccccc2-c2ccc(-c3ccc(N(c4ccc(-c5ccc6oc7ccccc7c6c5)cc4)c4ccc(-n5c6ccccc6c6ccccc65)cc4)cc3)cc21. The summed E-state index contributed by atoms with van der Waals surface area (Å²) in [7, 11) is 0. The van der Waals surface area contributed by atoms with E-state index in [-0.39, 0.29) is 5.41 Å². The van der Waals surface area contributed by atoms with Crippen molar-refractivity contribution in [1.29, 1.82) is 0 Å². The molecule has 0 radical (unpaired) electrons. The molecule has 60 heavy (non-hydrogen) atoms. The maximum absolute atomic E-state index is 6.14. The molecule has 1 aliphatic carbocycles. The number of fused-ring (bicyclic) bond motifs is 9. The summed E-state index contributed by atoms with van der Waals surface area (Å²) in [6.07, 6.45) is 0. The average molecular weight is 769 g/mol. The van der Waals surface area contributed by atoms with Gasteiger partial charge in [0.2, 0.25) is 0 Å². The molecule has 0 spiro atoms. The van der Waals surface area contributed by atoms with Crippen molar-refractivity contribution in [2.45, 2.75) is 19.3 Å². The lowest BCUT2D eigenvalue weighted by molar-refractivity contribution is 0.660. The van der Waals surface area contributed by atoms with Crippen LogP contribution in [0.1, 0.15) is 25.0 Å². The standard InChI is InChI=1S/C57H40N2O/c1-57(2)51-15-7-3-11-45(51)46-33-23-40(36-52(46)57)38-21-27-42(28-22-38)58(41-25-19-37(20-26-41)39-24-34-56-50(35-39)49-14-6-10-18-55(49)60-56)43-29-31-44(32-30-43)59-53-16-8-4-12-47(53)48-13-5-9-17-54(48)59/h3-36H,1-2H3. The number of benzene rings is 9. The second-order valence-electron chi connectivity index (χ2n) is 16.6. The molecule has 0 saturated carbocycles. The zero-order chi connectivity index (χ0) is 40.0. The summed E-state index contributed by atoms with van der Waals surface area (Å²) < 4.78 is 8.51. The molecule has 12 rings (SSSR count). The molecule has 0 bridgehead atoms. The number of hydrogen-bond acceptors (Lipinski definition) is 2. The Labute approximate surface area is 349 Å². The minimum Gasteiger partial charge on any atom is -0.456 e. The lowest BCUT2D eigenvalue weighted by atomic mass is 9.81. The van der Waals surface area contributed by atoms with Crippen LogP contribution in [0.5, 0.6) is 0 Å². The summed E-state index contributed by atoms with van der Waals surface area (Å²) in [5.74, 6) is 0. The maximum Gasteiger partial charge on any atom is 0.135 e. The molecule has 0 aliphatic heterocycles. The van der Waals surface area contributed by atoms with E-state index in [1.165, 1.54) is 55.2 Å². The summed E-state index contributed by atoms with van der Waals surface area (Å²) in [6.45, 7) is 4.69. The summed E-state index contributed by atoms with van der Waals surface area (Å²) >= 11 is 0. The lowest BCUT2D eigenvalue weighted by Gasteiger charge is -2.26. The van der Waals surface area contributed by atoms with Gasteiger partial charge in [0.15, 0.2) is 0 Å². The molecule has 9 aromatic carbocycles. The van der Waals surface area contributed by atoms with E-state index in [1.807, 2.05) is 12.1 Å². The first-order chi connectivity index (χ1) is 29.5. The van der Waals surface area contributed by atoms with Crippen LogP contribution in [-0.2, 0) is 5.41 Å². The molecule has 0 unspecified atom stereocenters. The predicted octanol–water partition coefficient (Wildman–Crippen LogP) is 15.8. The number of aromatic nitrogens is 1. The van der Waals surface area contributed by atoms with Gasteiger partial charge in [-0.25, -0.2) is 0 Å². The van der Waals surface area contributed by atoms with Crippen molar-refractivity contribution >= 4 is 60.8 Å². The Hall–Kier alpha value is -7.62. The molecule has 3 nitrogen and oxygen atoms in total. The molecule has 0 saturated heterocycles.